The van der Waals surface area contributed by atoms with E-state index in [9.17, 15) is 0 Å². The van der Waals surface area contributed by atoms with Gasteiger partial charge in [0.15, 0.2) is 0 Å². The number of rotatable bonds is 8. The highest BCUT2D eigenvalue weighted by Gasteiger charge is 2.19. The fourth-order valence-electron chi connectivity index (χ4n) is 3.21. The first-order chi connectivity index (χ1) is 8.77. The van der Waals surface area contributed by atoms with Gasteiger partial charge in [0.2, 0.25) is 0 Å². The first-order valence-electron chi connectivity index (χ1n) is 8.22. The molecule has 1 saturated heterocycles. The molecule has 2 unspecified atom stereocenters. The van der Waals surface area contributed by atoms with E-state index in [1.54, 1.807) is 0 Å². The number of hydrogen-bond acceptors (Lipinski definition) is 2. The van der Waals surface area contributed by atoms with Gasteiger partial charge >= 0.3 is 0 Å². The van der Waals surface area contributed by atoms with Crippen molar-refractivity contribution in [3.05, 3.63) is 0 Å². The Morgan fingerprint density at radius 3 is 2.78 bits per heavy atom. The molecule has 2 nitrogen and oxygen atoms in total. The number of hydrogen-bond donors (Lipinski definition) is 1. The van der Waals surface area contributed by atoms with Gasteiger partial charge in [-0.2, -0.15) is 0 Å². The van der Waals surface area contributed by atoms with Crippen molar-refractivity contribution in [1.82, 2.24) is 10.2 Å². The normalized spacial score (nSPS) is 23.8. The Bertz CT molecular complexity index is 194. The van der Waals surface area contributed by atoms with Crippen LogP contribution in [0.3, 0.4) is 0 Å². The van der Waals surface area contributed by atoms with Gasteiger partial charge in [-0.3, -0.25) is 0 Å². The predicted molar refractivity (Wildman–Crippen MR) is 81.1 cm³/mol. The summed E-state index contributed by atoms with van der Waals surface area (Å²) in [4.78, 5) is 2.74. The second-order valence-corrected chi connectivity index (χ2v) is 5.97. The van der Waals surface area contributed by atoms with Crippen LogP contribution < -0.4 is 5.32 Å². The predicted octanol–water partition coefficient (Wildman–Crippen LogP) is 3.67. The van der Waals surface area contributed by atoms with E-state index in [-0.39, 0.29) is 0 Å². The lowest BCUT2D eigenvalue weighted by atomic mass is 9.96. The summed E-state index contributed by atoms with van der Waals surface area (Å²) in [6, 6.07) is 0.782. The van der Waals surface area contributed by atoms with Crippen LogP contribution in [0.5, 0.6) is 0 Å². The maximum absolute atomic E-state index is 3.42. The van der Waals surface area contributed by atoms with Crippen molar-refractivity contribution in [2.75, 3.05) is 26.2 Å². The Hall–Kier alpha value is -0.0800. The minimum Gasteiger partial charge on any atom is -0.317 e. The van der Waals surface area contributed by atoms with Gasteiger partial charge in [0.25, 0.3) is 0 Å². The van der Waals surface area contributed by atoms with E-state index in [1.165, 1.54) is 64.6 Å². The Kier molecular flexibility index (Phi) is 8.70. The molecule has 108 valence electrons. The average molecular weight is 254 g/mol. The molecule has 1 heterocycles. The van der Waals surface area contributed by atoms with Gasteiger partial charge in [0.1, 0.15) is 0 Å². The van der Waals surface area contributed by atoms with Crippen LogP contribution in [0.15, 0.2) is 0 Å². The fourth-order valence-corrected chi connectivity index (χ4v) is 3.21. The lowest BCUT2D eigenvalue weighted by molar-refractivity contribution is 0.201. The topological polar surface area (TPSA) is 15.3 Å². The van der Waals surface area contributed by atoms with Crippen molar-refractivity contribution in [3.8, 4) is 0 Å². The Balaban J connectivity index is 2.20. The minimum absolute atomic E-state index is 0.782. The molecule has 1 fully saturated rings. The zero-order chi connectivity index (χ0) is 13.2. The van der Waals surface area contributed by atoms with E-state index in [0.29, 0.717) is 0 Å². The summed E-state index contributed by atoms with van der Waals surface area (Å²) in [7, 11) is 0. The molecule has 0 aliphatic carbocycles. The summed E-state index contributed by atoms with van der Waals surface area (Å²) in [5, 5.41) is 3.42. The van der Waals surface area contributed by atoms with Crippen LogP contribution in [0, 0.1) is 5.92 Å². The molecule has 2 atom stereocenters. The zero-order valence-electron chi connectivity index (χ0n) is 12.9. The molecule has 0 amide bonds. The van der Waals surface area contributed by atoms with Gasteiger partial charge in [-0.15, -0.1) is 0 Å². The third-order valence-electron chi connectivity index (χ3n) is 4.43. The van der Waals surface area contributed by atoms with Crippen molar-refractivity contribution >= 4 is 0 Å². The molecule has 2 heteroatoms. The molecule has 1 N–H and O–H groups in total. The molecular formula is C16H34N2. The second-order valence-electron chi connectivity index (χ2n) is 5.97. The Labute approximate surface area is 115 Å². The second kappa shape index (κ2) is 9.80. The van der Waals surface area contributed by atoms with Crippen LogP contribution in [0.1, 0.15) is 65.7 Å². The first kappa shape index (κ1) is 16.0. The van der Waals surface area contributed by atoms with E-state index >= 15 is 0 Å². The van der Waals surface area contributed by atoms with Crippen molar-refractivity contribution in [2.24, 2.45) is 5.92 Å². The SMILES string of the molecule is CCCC1CCCN(C(C)CCCNCC)CC1. The van der Waals surface area contributed by atoms with E-state index in [2.05, 4.69) is 31.0 Å². The Morgan fingerprint density at radius 1 is 1.22 bits per heavy atom. The highest BCUT2D eigenvalue weighted by atomic mass is 15.1. The third kappa shape index (κ3) is 6.19. The number of likely N-dealkylation sites (tertiary alicyclic amines) is 1. The summed E-state index contributed by atoms with van der Waals surface area (Å²) >= 11 is 0. The van der Waals surface area contributed by atoms with Crippen LogP contribution >= 0.6 is 0 Å². The molecule has 1 aliphatic rings. The molecule has 0 spiro atoms. The summed E-state index contributed by atoms with van der Waals surface area (Å²) < 4.78 is 0. The lowest BCUT2D eigenvalue weighted by Gasteiger charge is -2.27. The van der Waals surface area contributed by atoms with Gasteiger partial charge in [0.05, 0.1) is 0 Å². The fraction of sp³-hybridized carbons (Fsp3) is 1.00. The van der Waals surface area contributed by atoms with Gasteiger partial charge < -0.3 is 10.2 Å². The molecule has 1 rings (SSSR count). The minimum atomic E-state index is 0.782. The molecule has 0 saturated carbocycles. The maximum atomic E-state index is 3.42. The molecular weight excluding hydrogens is 220 g/mol. The molecule has 0 aromatic heterocycles. The lowest BCUT2D eigenvalue weighted by Crippen LogP contribution is -2.34. The van der Waals surface area contributed by atoms with Crippen molar-refractivity contribution < 1.29 is 0 Å². The molecule has 1 aliphatic heterocycles. The maximum Gasteiger partial charge on any atom is 0.00674 e. The zero-order valence-corrected chi connectivity index (χ0v) is 12.9. The number of nitrogens with one attached hydrogen (secondary N) is 1. The van der Waals surface area contributed by atoms with Crippen LogP contribution in [0.25, 0.3) is 0 Å². The molecule has 18 heavy (non-hydrogen) atoms. The standard InChI is InChI=1S/C16H34N2/c1-4-8-16-10-7-13-18(14-11-16)15(3)9-6-12-17-5-2/h15-17H,4-14H2,1-3H3. The molecule has 0 aromatic rings. The third-order valence-corrected chi connectivity index (χ3v) is 4.43. The van der Waals surface area contributed by atoms with Gasteiger partial charge in [-0.05, 0) is 71.1 Å². The van der Waals surface area contributed by atoms with Crippen LogP contribution in [-0.4, -0.2) is 37.1 Å². The quantitative estimate of drug-likeness (QED) is 0.665. The number of nitrogens with zero attached hydrogens (tertiary/aromatic N) is 1. The van der Waals surface area contributed by atoms with Crippen molar-refractivity contribution in [2.45, 2.75) is 71.8 Å². The van der Waals surface area contributed by atoms with Crippen LogP contribution in [0.2, 0.25) is 0 Å². The van der Waals surface area contributed by atoms with Crippen molar-refractivity contribution in [3.63, 3.8) is 0 Å². The average Bonchev–Trinajstić information content (AvgIpc) is 2.61. The highest BCUT2D eigenvalue weighted by molar-refractivity contribution is 4.74. The molecule has 0 radical (unpaired) electrons. The smallest absolute Gasteiger partial charge is 0.00674 e. The van der Waals surface area contributed by atoms with Gasteiger partial charge in [-0.25, -0.2) is 0 Å². The van der Waals surface area contributed by atoms with E-state index in [4.69, 9.17) is 0 Å². The largest absolute Gasteiger partial charge is 0.317 e. The van der Waals surface area contributed by atoms with Crippen LogP contribution in [0.4, 0.5) is 0 Å². The van der Waals surface area contributed by atoms with E-state index in [1.807, 2.05) is 0 Å². The van der Waals surface area contributed by atoms with Gasteiger partial charge in [0, 0.05) is 6.04 Å². The summed E-state index contributed by atoms with van der Waals surface area (Å²) in [5.74, 6) is 1.01. The van der Waals surface area contributed by atoms with Crippen molar-refractivity contribution in [1.29, 1.82) is 0 Å². The highest BCUT2D eigenvalue weighted by Crippen LogP contribution is 2.23. The summed E-state index contributed by atoms with van der Waals surface area (Å²) in [6.45, 7) is 11.9. The molecule has 0 bridgehead atoms. The summed E-state index contributed by atoms with van der Waals surface area (Å²) in [5.41, 5.74) is 0. The molecule has 0 aromatic carbocycles. The first-order valence-corrected chi connectivity index (χ1v) is 8.22. The summed E-state index contributed by atoms with van der Waals surface area (Å²) in [6.07, 6.45) is 9.81. The van der Waals surface area contributed by atoms with Gasteiger partial charge in [-0.1, -0.05) is 26.7 Å². The van der Waals surface area contributed by atoms with Crippen LogP contribution in [-0.2, 0) is 0 Å². The Morgan fingerprint density at radius 2 is 2.06 bits per heavy atom. The van der Waals surface area contributed by atoms with E-state index < -0.39 is 0 Å². The monoisotopic (exact) mass is 254 g/mol. The van der Waals surface area contributed by atoms with E-state index in [0.717, 1.165) is 18.5 Å².